The molecule has 1 heterocycles. The van der Waals surface area contributed by atoms with Crippen molar-refractivity contribution >= 4 is 45.1 Å². The van der Waals surface area contributed by atoms with Crippen molar-refractivity contribution in [3.8, 4) is 0 Å². The van der Waals surface area contributed by atoms with Crippen LogP contribution in [0.25, 0.3) is 0 Å². The number of primary amides is 1. The predicted molar refractivity (Wildman–Crippen MR) is 132 cm³/mol. The highest BCUT2D eigenvalue weighted by Gasteiger charge is 2.22. The van der Waals surface area contributed by atoms with E-state index in [-0.39, 0.29) is 10.9 Å². The fraction of sp³-hybridized carbons (Fsp3) is 0.500. The van der Waals surface area contributed by atoms with Crippen molar-refractivity contribution in [2.75, 3.05) is 19.5 Å². The van der Waals surface area contributed by atoms with Gasteiger partial charge in [0.05, 0.1) is 16.8 Å². The highest BCUT2D eigenvalue weighted by atomic mass is 32.2. The first-order valence-corrected chi connectivity index (χ1v) is 13.0. The van der Waals surface area contributed by atoms with Crippen molar-refractivity contribution in [1.82, 2.24) is 20.3 Å². The number of sulfonamides is 1. The number of carbonyl (C=O) groups is 1. The lowest BCUT2D eigenvalue weighted by atomic mass is 10.1. The maximum absolute atomic E-state index is 12.1. The summed E-state index contributed by atoms with van der Waals surface area (Å²) in [5.41, 5.74) is 6.33. The number of nitrogens with one attached hydrogen (secondary N) is 3. The van der Waals surface area contributed by atoms with E-state index >= 15 is 0 Å². The standard InChI is InChI=1S/C13H17N3O3S2.C7H16N2S/c1-9-3-4-11(10(2)16-5-6-20-8-16)7-12(9)21(18,19)15-13(14)17;1-3-4-5-6-9-7(10)8-2/h3-7,10H,8H2,1-2H3,(H3,14,15,17);3-6H2,1-2H3,(H2,8,9,10). The molecule has 1 unspecified atom stereocenters. The molecule has 0 radical (unpaired) electrons. The number of hydrogen-bond acceptors (Lipinski definition) is 6. The second kappa shape index (κ2) is 13.4. The Morgan fingerprint density at radius 1 is 1.35 bits per heavy atom. The van der Waals surface area contributed by atoms with Crippen molar-refractivity contribution in [2.45, 2.75) is 51.0 Å². The molecule has 2 rings (SSSR count). The summed E-state index contributed by atoms with van der Waals surface area (Å²) in [4.78, 5) is 13.0. The third-order valence-electron chi connectivity index (χ3n) is 4.58. The van der Waals surface area contributed by atoms with Crippen molar-refractivity contribution in [3.05, 3.63) is 40.9 Å². The predicted octanol–water partition coefficient (Wildman–Crippen LogP) is 3.16. The van der Waals surface area contributed by atoms with E-state index < -0.39 is 16.1 Å². The second-order valence-electron chi connectivity index (χ2n) is 6.98. The van der Waals surface area contributed by atoms with Crippen LogP contribution in [0.15, 0.2) is 34.7 Å². The number of nitrogens with zero attached hydrogens (tertiary/aromatic N) is 1. The summed E-state index contributed by atoms with van der Waals surface area (Å²) >= 11 is 6.56. The molecule has 0 spiro atoms. The number of unbranched alkanes of at least 4 members (excludes halogenated alkanes) is 2. The number of carbonyl (C=O) groups excluding carboxylic acids is 1. The van der Waals surface area contributed by atoms with E-state index in [1.165, 1.54) is 19.3 Å². The number of nitrogens with two attached hydrogens (primary N) is 1. The van der Waals surface area contributed by atoms with Crippen LogP contribution in [0.2, 0.25) is 0 Å². The molecule has 0 aromatic heterocycles. The molecule has 0 bridgehead atoms. The van der Waals surface area contributed by atoms with E-state index in [4.69, 9.17) is 18.0 Å². The summed E-state index contributed by atoms with van der Waals surface area (Å²) in [7, 11) is -2.11. The Hall–Kier alpha value is -1.98. The lowest BCUT2D eigenvalue weighted by Crippen LogP contribution is -2.35. The van der Waals surface area contributed by atoms with Crippen LogP contribution in [0.5, 0.6) is 0 Å². The Morgan fingerprint density at radius 2 is 2.06 bits per heavy atom. The number of amides is 2. The van der Waals surface area contributed by atoms with Crippen molar-refractivity contribution < 1.29 is 13.2 Å². The van der Waals surface area contributed by atoms with Gasteiger partial charge in [0.2, 0.25) is 0 Å². The minimum atomic E-state index is -3.94. The van der Waals surface area contributed by atoms with Gasteiger partial charge in [0.15, 0.2) is 5.11 Å². The van der Waals surface area contributed by atoms with Gasteiger partial charge in [0.25, 0.3) is 10.0 Å². The quantitative estimate of drug-likeness (QED) is 0.326. The van der Waals surface area contributed by atoms with Gasteiger partial charge in [-0.25, -0.2) is 17.9 Å². The summed E-state index contributed by atoms with van der Waals surface area (Å²) in [6.07, 6.45) is 5.72. The van der Waals surface area contributed by atoms with Crippen LogP contribution in [0.4, 0.5) is 4.79 Å². The molecule has 5 N–H and O–H groups in total. The maximum Gasteiger partial charge on any atom is 0.326 e. The fourth-order valence-electron chi connectivity index (χ4n) is 2.74. The van der Waals surface area contributed by atoms with Crippen LogP contribution < -0.4 is 21.1 Å². The zero-order valence-corrected chi connectivity index (χ0v) is 20.9. The molecule has 0 saturated carbocycles. The largest absolute Gasteiger partial charge is 0.366 e. The Labute approximate surface area is 195 Å². The Kier molecular flexibility index (Phi) is 11.7. The maximum atomic E-state index is 12.1. The molecular formula is C20H33N5O3S3. The van der Waals surface area contributed by atoms with E-state index in [1.54, 1.807) is 35.5 Å². The Morgan fingerprint density at radius 3 is 2.61 bits per heavy atom. The molecule has 2 amide bonds. The van der Waals surface area contributed by atoms with Crippen LogP contribution in [0.3, 0.4) is 0 Å². The highest BCUT2D eigenvalue weighted by Crippen LogP contribution is 2.29. The molecule has 0 saturated heterocycles. The fourth-order valence-corrected chi connectivity index (χ4v) is 4.81. The lowest BCUT2D eigenvalue weighted by Gasteiger charge is -2.24. The molecule has 31 heavy (non-hydrogen) atoms. The SMILES string of the molecule is CCCCCNC(=S)NC.Cc1ccc(C(C)N2C=CSC2)cc1S(=O)(=O)NC(N)=O. The first kappa shape index (κ1) is 27.1. The van der Waals surface area contributed by atoms with Crippen molar-refractivity contribution in [1.29, 1.82) is 0 Å². The normalized spacial score (nSPS) is 13.7. The van der Waals surface area contributed by atoms with E-state index in [2.05, 4.69) is 22.5 Å². The number of urea groups is 1. The topological polar surface area (TPSA) is 117 Å². The lowest BCUT2D eigenvalue weighted by molar-refractivity contribution is 0.253. The van der Waals surface area contributed by atoms with Gasteiger partial charge < -0.3 is 21.3 Å². The van der Waals surface area contributed by atoms with Gasteiger partial charge in [-0.1, -0.05) is 31.9 Å². The molecule has 1 aromatic carbocycles. The van der Waals surface area contributed by atoms with Gasteiger partial charge in [-0.2, -0.15) is 0 Å². The highest BCUT2D eigenvalue weighted by molar-refractivity contribution is 8.02. The second-order valence-corrected chi connectivity index (χ2v) is 9.90. The summed E-state index contributed by atoms with van der Waals surface area (Å²) in [5, 5.41) is 8.69. The minimum absolute atomic E-state index is 0.0411. The molecule has 0 fully saturated rings. The molecule has 0 aliphatic carbocycles. The third-order valence-corrected chi connectivity index (χ3v) is 7.18. The molecule has 174 valence electrons. The molecule has 1 aliphatic heterocycles. The van der Waals surface area contributed by atoms with E-state index in [0.717, 1.165) is 23.1 Å². The number of benzene rings is 1. The Bertz CT molecular complexity index is 875. The van der Waals surface area contributed by atoms with E-state index in [0.29, 0.717) is 5.56 Å². The number of thiocarbonyl (C=S) groups is 1. The first-order valence-electron chi connectivity index (χ1n) is 10.0. The van der Waals surface area contributed by atoms with Gasteiger partial charge >= 0.3 is 6.03 Å². The molecule has 1 aromatic rings. The summed E-state index contributed by atoms with van der Waals surface area (Å²) in [5.74, 6) is 0.830. The Balaban J connectivity index is 0.000000407. The summed E-state index contributed by atoms with van der Waals surface area (Å²) in [6.45, 7) is 6.86. The number of aryl methyl sites for hydroxylation is 1. The van der Waals surface area contributed by atoms with Gasteiger partial charge in [-0.3, -0.25) is 0 Å². The van der Waals surface area contributed by atoms with Gasteiger partial charge in [0.1, 0.15) is 0 Å². The molecular weight excluding hydrogens is 454 g/mol. The van der Waals surface area contributed by atoms with Crippen LogP contribution in [-0.2, 0) is 10.0 Å². The summed E-state index contributed by atoms with van der Waals surface area (Å²) < 4.78 is 26.0. The van der Waals surface area contributed by atoms with Crippen LogP contribution in [0.1, 0.15) is 50.3 Å². The van der Waals surface area contributed by atoms with E-state index in [9.17, 15) is 13.2 Å². The van der Waals surface area contributed by atoms with Crippen molar-refractivity contribution in [2.24, 2.45) is 5.73 Å². The summed E-state index contributed by atoms with van der Waals surface area (Å²) in [6, 6.07) is 4.15. The zero-order valence-electron chi connectivity index (χ0n) is 18.5. The zero-order chi connectivity index (χ0) is 23.4. The van der Waals surface area contributed by atoms with Gasteiger partial charge in [-0.05, 0) is 55.1 Å². The molecule has 1 atom stereocenters. The van der Waals surface area contributed by atoms with Gasteiger partial charge in [-0.15, -0.1) is 11.8 Å². The molecule has 1 aliphatic rings. The van der Waals surface area contributed by atoms with E-state index in [1.807, 2.05) is 31.6 Å². The first-order chi connectivity index (χ1) is 14.6. The third kappa shape index (κ3) is 9.36. The number of rotatable bonds is 8. The monoisotopic (exact) mass is 487 g/mol. The minimum Gasteiger partial charge on any atom is -0.366 e. The van der Waals surface area contributed by atoms with Crippen LogP contribution >= 0.6 is 24.0 Å². The van der Waals surface area contributed by atoms with Crippen LogP contribution in [-0.4, -0.2) is 43.9 Å². The number of thioether (sulfide) groups is 1. The average Bonchev–Trinajstić information content (AvgIpc) is 3.25. The molecule has 8 nitrogen and oxygen atoms in total. The number of hydrogen-bond donors (Lipinski definition) is 4. The average molecular weight is 488 g/mol. The molecule has 11 heteroatoms. The van der Waals surface area contributed by atoms with Crippen molar-refractivity contribution in [3.63, 3.8) is 0 Å². The smallest absolute Gasteiger partial charge is 0.326 e. The van der Waals surface area contributed by atoms with Crippen LogP contribution in [0, 0.1) is 6.92 Å². The van der Waals surface area contributed by atoms with Gasteiger partial charge in [0, 0.05) is 19.8 Å².